The molecular formula is C7H9Cl2N. The Hall–Kier alpha value is -0.270. The van der Waals surface area contributed by atoms with Gasteiger partial charge in [-0.3, -0.25) is 4.99 Å². The van der Waals surface area contributed by atoms with Crippen molar-refractivity contribution in [3.8, 4) is 0 Å². The van der Waals surface area contributed by atoms with Crippen molar-refractivity contribution in [1.29, 1.82) is 0 Å². The maximum Gasteiger partial charge on any atom is 0.0598 e. The molecule has 56 valence electrons. The largest absolute Gasteiger partial charge is 0.295 e. The molecule has 0 fully saturated rings. The van der Waals surface area contributed by atoms with Crippen LogP contribution in [0, 0.1) is 0 Å². The average molecular weight is 178 g/mol. The van der Waals surface area contributed by atoms with Crippen molar-refractivity contribution >= 4 is 29.4 Å². The van der Waals surface area contributed by atoms with Crippen molar-refractivity contribution in [2.45, 2.75) is 6.92 Å². The van der Waals surface area contributed by atoms with E-state index in [-0.39, 0.29) is 0 Å². The van der Waals surface area contributed by atoms with Crippen LogP contribution in [-0.4, -0.2) is 13.3 Å². The highest BCUT2D eigenvalue weighted by Gasteiger charge is 1.86. The average Bonchev–Trinajstić information content (AvgIpc) is 1.88. The molecule has 0 amide bonds. The molecule has 0 N–H and O–H groups in total. The van der Waals surface area contributed by atoms with Gasteiger partial charge in [-0.25, -0.2) is 0 Å². The van der Waals surface area contributed by atoms with Crippen LogP contribution >= 0.6 is 23.2 Å². The first-order valence-corrected chi connectivity index (χ1v) is 3.57. The maximum absolute atomic E-state index is 5.64. The van der Waals surface area contributed by atoms with E-state index in [4.69, 9.17) is 23.2 Å². The first kappa shape index (κ1) is 9.73. The minimum atomic E-state index is 0.533. The summed E-state index contributed by atoms with van der Waals surface area (Å²) in [5, 5.41) is 1.15. The zero-order chi connectivity index (χ0) is 7.98. The quantitative estimate of drug-likeness (QED) is 0.455. The van der Waals surface area contributed by atoms with Gasteiger partial charge in [-0.1, -0.05) is 29.3 Å². The maximum atomic E-state index is 5.64. The SMILES string of the molecule is C/C=C(Cl)/C=C(/Cl)C=NC. The Morgan fingerprint density at radius 3 is 2.30 bits per heavy atom. The Balaban J connectivity index is 4.16. The van der Waals surface area contributed by atoms with Crippen LogP contribution in [0.5, 0.6) is 0 Å². The van der Waals surface area contributed by atoms with Crippen LogP contribution in [0.1, 0.15) is 6.92 Å². The molecule has 1 nitrogen and oxygen atoms in total. The smallest absolute Gasteiger partial charge is 0.0598 e. The molecule has 0 atom stereocenters. The second-order valence-electron chi connectivity index (χ2n) is 1.59. The highest BCUT2D eigenvalue weighted by molar-refractivity contribution is 6.41. The number of allylic oxidation sites excluding steroid dienone is 4. The number of rotatable bonds is 2. The summed E-state index contributed by atoms with van der Waals surface area (Å²) in [5.74, 6) is 0. The van der Waals surface area contributed by atoms with Crippen LogP contribution in [0.3, 0.4) is 0 Å². The van der Waals surface area contributed by atoms with E-state index in [1.54, 1.807) is 19.2 Å². The number of halogens is 2. The highest BCUT2D eigenvalue weighted by Crippen LogP contribution is 2.08. The molecule has 0 aliphatic rings. The van der Waals surface area contributed by atoms with E-state index >= 15 is 0 Å². The van der Waals surface area contributed by atoms with Crippen LogP contribution in [0.15, 0.2) is 27.2 Å². The number of hydrogen-bond donors (Lipinski definition) is 0. The normalized spacial score (nSPS) is 14.8. The second kappa shape index (κ2) is 5.51. The standard InChI is InChI=1S/C7H9Cl2N/c1-3-6(8)4-7(9)5-10-2/h3-5H,1-2H3/b6-3-,7-4+,10-5?. The molecule has 0 rings (SSSR count). The van der Waals surface area contributed by atoms with Gasteiger partial charge in [-0.2, -0.15) is 0 Å². The van der Waals surface area contributed by atoms with Crippen molar-refractivity contribution in [2.75, 3.05) is 7.05 Å². The minimum Gasteiger partial charge on any atom is -0.295 e. The third kappa shape index (κ3) is 4.59. The molecule has 0 saturated carbocycles. The molecule has 0 heterocycles. The number of nitrogens with zero attached hydrogens (tertiary/aromatic N) is 1. The molecule has 0 aliphatic heterocycles. The Kier molecular flexibility index (Phi) is 5.36. The predicted molar refractivity (Wildman–Crippen MR) is 48.0 cm³/mol. The van der Waals surface area contributed by atoms with Gasteiger partial charge in [0, 0.05) is 18.3 Å². The van der Waals surface area contributed by atoms with Crippen LogP contribution in [0.4, 0.5) is 0 Å². The van der Waals surface area contributed by atoms with E-state index < -0.39 is 0 Å². The second-order valence-corrected chi connectivity index (χ2v) is 2.46. The van der Waals surface area contributed by atoms with E-state index in [2.05, 4.69) is 4.99 Å². The van der Waals surface area contributed by atoms with Crippen LogP contribution < -0.4 is 0 Å². The fourth-order valence-electron chi connectivity index (χ4n) is 0.376. The molecule has 0 unspecified atom stereocenters. The molecule has 0 aromatic rings. The van der Waals surface area contributed by atoms with Crippen LogP contribution in [-0.2, 0) is 0 Å². The summed E-state index contributed by atoms with van der Waals surface area (Å²) in [6, 6.07) is 0. The van der Waals surface area contributed by atoms with Gasteiger partial charge in [-0.15, -0.1) is 0 Å². The molecule has 0 aliphatic carbocycles. The summed E-state index contributed by atoms with van der Waals surface area (Å²) in [4.78, 5) is 3.71. The Labute approximate surface area is 71.1 Å². The highest BCUT2D eigenvalue weighted by atomic mass is 35.5. The van der Waals surface area contributed by atoms with Gasteiger partial charge in [0.15, 0.2) is 0 Å². The van der Waals surface area contributed by atoms with E-state index in [1.165, 1.54) is 6.21 Å². The zero-order valence-electron chi connectivity index (χ0n) is 5.94. The summed E-state index contributed by atoms with van der Waals surface area (Å²) in [6.07, 6.45) is 4.93. The third-order valence-corrected chi connectivity index (χ3v) is 1.34. The molecule has 3 heteroatoms. The van der Waals surface area contributed by atoms with Crippen molar-refractivity contribution in [3.05, 3.63) is 22.2 Å². The lowest BCUT2D eigenvalue weighted by Gasteiger charge is -1.86. The van der Waals surface area contributed by atoms with Crippen molar-refractivity contribution in [1.82, 2.24) is 0 Å². The summed E-state index contributed by atoms with van der Waals surface area (Å²) in [7, 11) is 1.65. The first-order valence-electron chi connectivity index (χ1n) is 2.82. The van der Waals surface area contributed by atoms with Gasteiger partial charge >= 0.3 is 0 Å². The molecule has 10 heavy (non-hydrogen) atoms. The topological polar surface area (TPSA) is 12.4 Å². The van der Waals surface area contributed by atoms with Crippen molar-refractivity contribution in [3.63, 3.8) is 0 Å². The van der Waals surface area contributed by atoms with Crippen LogP contribution in [0.2, 0.25) is 0 Å². The lowest BCUT2D eigenvalue weighted by atomic mass is 10.4. The lowest BCUT2D eigenvalue weighted by Crippen LogP contribution is -1.73. The van der Waals surface area contributed by atoms with Gasteiger partial charge in [0.25, 0.3) is 0 Å². The molecular weight excluding hydrogens is 169 g/mol. The molecule has 0 bridgehead atoms. The number of hydrogen-bond acceptors (Lipinski definition) is 1. The first-order chi connectivity index (χ1) is 4.70. The van der Waals surface area contributed by atoms with E-state index in [9.17, 15) is 0 Å². The Morgan fingerprint density at radius 1 is 1.30 bits per heavy atom. The van der Waals surface area contributed by atoms with Gasteiger partial charge in [-0.05, 0) is 13.0 Å². The summed E-state index contributed by atoms with van der Waals surface area (Å²) < 4.78 is 0. The summed E-state index contributed by atoms with van der Waals surface area (Å²) >= 11 is 11.3. The zero-order valence-corrected chi connectivity index (χ0v) is 7.45. The summed E-state index contributed by atoms with van der Waals surface area (Å²) in [5.41, 5.74) is 0. The Morgan fingerprint density at radius 2 is 1.90 bits per heavy atom. The van der Waals surface area contributed by atoms with E-state index in [0.717, 1.165) is 0 Å². The molecule has 0 radical (unpaired) electrons. The van der Waals surface area contributed by atoms with E-state index in [1.807, 2.05) is 6.92 Å². The van der Waals surface area contributed by atoms with Gasteiger partial charge in [0.1, 0.15) is 0 Å². The summed E-state index contributed by atoms with van der Waals surface area (Å²) in [6.45, 7) is 1.84. The third-order valence-electron chi connectivity index (χ3n) is 0.804. The predicted octanol–water partition coefficient (Wildman–Crippen LogP) is 2.95. The fraction of sp³-hybridized carbons (Fsp3) is 0.286. The minimum absolute atomic E-state index is 0.533. The van der Waals surface area contributed by atoms with Gasteiger partial charge in [0.2, 0.25) is 0 Å². The van der Waals surface area contributed by atoms with Crippen molar-refractivity contribution < 1.29 is 0 Å². The monoisotopic (exact) mass is 177 g/mol. The van der Waals surface area contributed by atoms with Gasteiger partial charge < -0.3 is 0 Å². The lowest BCUT2D eigenvalue weighted by molar-refractivity contribution is 1.47. The van der Waals surface area contributed by atoms with E-state index in [0.29, 0.717) is 10.1 Å². The van der Waals surface area contributed by atoms with Crippen molar-refractivity contribution in [2.24, 2.45) is 4.99 Å². The van der Waals surface area contributed by atoms with Gasteiger partial charge in [0.05, 0.1) is 5.03 Å². The molecule has 0 aromatic heterocycles. The fourth-order valence-corrected chi connectivity index (χ4v) is 0.764. The Bertz CT molecular complexity index is 180. The molecule has 0 saturated heterocycles. The molecule has 0 aromatic carbocycles. The molecule has 0 spiro atoms. The van der Waals surface area contributed by atoms with Crippen LogP contribution in [0.25, 0.3) is 0 Å². The number of aliphatic imine (C=N–C) groups is 1.